The molecule has 1 aromatic carbocycles. The summed E-state index contributed by atoms with van der Waals surface area (Å²) in [5.74, 6) is -0.0670. The zero-order valence-corrected chi connectivity index (χ0v) is 13.6. The summed E-state index contributed by atoms with van der Waals surface area (Å²) < 4.78 is 0. The van der Waals surface area contributed by atoms with Gasteiger partial charge in [0.1, 0.15) is 4.88 Å². The van der Waals surface area contributed by atoms with E-state index >= 15 is 0 Å². The van der Waals surface area contributed by atoms with Crippen molar-refractivity contribution in [2.75, 3.05) is 5.32 Å². The van der Waals surface area contributed by atoms with E-state index in [-0.39, 0.29) is 5.91 Å². The summed E-state index contributed by atoms with van der Waals surface area (Å²) in [6, 6.07) is 7.88. The molecule has 0 aliphatic carbocycles. The van der Waals surface area contributed by atoms with E-state index in [1.165, 1.54) is 11.3 Å². The van der Waals surface area contributed by atoms with Crippen LogP contribution in [0.4, 0.5) is 5.69 Å². The Morgan fingerprint density at radius 2 is 2.23 bits per heavy atom. The first-order chi connectivity index (χ1) is 10.7. The lowest BCUT2D eigenvalue weighted by Crippen LogP contribution is -2.12. The number of benzene rings is 1. The number of hydrogen-bond acceptors (Lipinski definition) is 3. The Kier molecular flexibility index (Phi) is 4.24. The fourth-order valence-electron chi connectivity index (χ4n) is 2.47. The quantitative estimate of drug-likeness (QED) is 0.727. The number of amides is 1. The van der Waals surface area contributed by atoms with E-state index < -0.39 is 0 Å². The molecule has 3 rings (SSSR count). The number of aromatic amines is 1. The average Bonchev–Trinajstić information content (AvgIpc) is 3.10. The van der Waals surface area contributed by atoms with Crippen LogP contribution in [0.1, 0.15) is 40.1 Å². The molecule has 114 valence electrons. The number of carbonyl (C=O) groups is 1. The van der Waals surface area contributed by atoms with Crippen LogP contribution >= 0.6 is 11.3 Å². The van der Waals surface area contributed by atoms with Crippen LogP contribution < -0.4 is 5.32 Å². The minimum Gasteiger partial charge on any atom is -0.361 e. The van der Waals surface area contributed by atoms with Gasteiger partial charge in [-0.3, -0.25) is 4.79 Å². The van der Waals surface area contributed by atoms with E-state index in [0.29, 0.717) is 0 Å². The third kappa shape index (κ3) is 3.04. The van der Waals surface area contributed by atoms with Crippen LogP contribution in [0.25, 0.3) is 10.9 Å². The lowest BCUT2D eigenvalue weighted by molar-refractivity contribution is 0.102. The molecular formula is C17H19N3OS. The van der Waals surface area contributed by atoms with Gasteiger partial charge in [0.25, 0.3) is 5.91 Å². The van der Waals surface area contributed by atoms with Gasteiger partial charge < -0.3 is 10.3 Å². The van der Waals surface area contributed by atoms with Crippen LogP contribution in [0.2, 0.25) is 0 Å². The second-order valence-corrected chi connectivity index (χ2v) is 6.55. The maximum Gasteiger partial charge on any atom is 0.267 e. The first kappa shape index (κ1) is 14.8. The number of carbonyl (C=O) groups excluding carboxylic acids is 1. The highest BCUT2D eigenvalue weighted by Gasteiger charge is 2.16. The molecule has 2 N–H and O–H groups in total. The molecule has 0 radical (unpaired) electrons. The maximum atomic E-state index is 12.5. The number of anilines is 1. The highest BCUT2D eigenvalue weighted by molar-refractivity contribution is 7.13. The smallest absolute Gasteiger partial charge is 0.267 e. The molecule has 2 aromatic heterocycles. The van der Waals surface area contributed by atoms with Gasteiger partial charge in [0.2, 0.25) is 0 Å². The summed E-state index contributed by atoms with van der Waals surface area (Å²) in [6.07, 6.45) is 4.91. The summed E-state index contributed by atoms with van der Waals surface area (Å²) in [6.45, 7) is 4.09. The molecule has 0 spiro atoms. The molecule has 0 aliphatic heterocycles. The molecule has 1 amide bonds. The van der Waals surface area contributed by atoms with E-state index in [4.69, 9.17) is 0 Å². The van der Waals surface area contributed by atoms with Gasteiger partial charge in [-0.2, -0.15) is 0 Å². The number of hydrogen-bond donors (Lipinski definition) is 2. The fourth-order valence-corrected chi connectivity index (χ4v) is 3.34. The van der Waals surface area contributed by atoms with Crippen LogP contribution in [-0.4, -0.2) is 15.9 Å². The van der Waals surface area contributed by atoms with Gasteiger partial charge in [0.15, 0.2) is 0 Å². The molecule has 5 heteroatoms. The fraction of sp³-hybridized carbons (Fsp3) is 0.294. The SMILES string of the molecule is CCCCc1nc(C)sc1C(=O)Nc1ccc2cc[nH]c2c1. The molecule has 2 heterocycles. The first-order valence-electron chi connectivity index (χ1n) is 7.52. The minimum atomic E-state index is -0.0670. The molecule has 22 heavy (non-hydrogen) atoms. The largest absolute Gasteiger partial charge is 0.361 e. The number of H-pyrrole nitrogens is 1. The maximum absolute atomic E-state index is 12.5. The molecule has 0 bridgehead atoms. The van der Waals surface area contributed by atoms with E-state index in [9.17, 15) is 4.79 Å². The third-order valence-electron chi connectivity index (χ3n) is 3.59. The van der Waals surface area contributed by atoms with Crippen molar-refractivity contribution < 1.29 is 4.79 Å². The third-order valence-corrected chi connectivity index (χ3v) is 4.60. The van der Waals surface area contributed by atoms with Crippen molar-refractivity contribution in [3.05, 3.63) is 46.0 Å². The standard InChI is InChI=1S/C17H19N3OS/c1-3-4-5-14-16(22-11(2)19-14)17(21)20-13-7-6-12-8-9-18-15(12)10-13/h6-10,18H,3-5H2,1-2H3,(H,20,21). The van der Waals surface area contributed by atoms with Gasteiger partial charge in [-0.05, 0) is 43.4 Å². The Morgan fingerprint density at radius 3 is 3.05 bits per heavy atom. The number of nitrogens with one attached hydrogen (secondary N) is 2. The minimum absolute atomic E-state index is 0.0670. The average molecular weight is 313 g/mol. The molecule has 3 aromatic rings. The lowest BCUT2D eigenvalue weighted by Gasteiger charge is -2.05. The Balaban J connectivity index is 1.81. The van der Waals surface area contributed by atoms with Gasteiger partial charge in [-0.15, -0.1) is 11.3 Å². The Morgan fingerprint density at radius 1 is 1.36 bits per heavy atom. The van der Waals surface area contributed by atoms with Crippen molar-refractivity contribution in [2.45, 2.75) is 33.1 Å². The van der Waals surface area contributed by atoms with Gasteiger partial charge in [-0.1, -0.05) is 19.4 Å². The topological polar surface area (TPSA) is 57.8 Å². The number of aromatic nitrogens is 2. The Bertz CT molecular complexity index is 803. The summed E-state index contributed by atoms with van der Waals surface area (Å²) in [4.78, 5) is 20.9. The number of thiazole rings is 1. The van der Waals surface area contributed by atoms with Gasteiger partial charge >= 0.3 is 0 Å². The summed E-state index contributed by atoms with van der Waals surface area (Å²) in [5, 5.41) is 5.06. The van der Waals surface area contributed by atoms with Gasteiger partial charge in [0, 0.05) is 17.4 Å². The lowest BCUT2D eigenvalue weighted by atomic mass is 10.2. The van der Waals surface area contributed by atoms with Crippen molar-refractivity contribution in [1.29, 1.82) is 0 Å². The van der Waals surface area contributed by atoms with Crippen molar-refractivity contribution in [2.24, 2.45) is 0 Å². The van der Waals surface area contributed by atoms with Crippen molar-refractivity contribution in [3.8, 4) is 0 Å². The molecule has 0 saturated carbocycles. The van der Waals surface area contributed by atoms with Crippen molar-refractivity contribution in [3.63, 3.8) is 0 Å². The zero-order chi connectivity index (χ0) is 15.5. The van der Waals surface area contributed by atoms with Crippen LogP contribution in [0, 0.1) is 6.92 Å². The molecule has 0 aliphatic rings. The first-order valence-corrected chi connectivity index (χ1v) is 8.34. The second-order valence-electron chi connectivity index (χ2n) is 5.35. The van der Waals surface area contributed by atoms with Crippen LogP contribution in [0.3, 0.4) is 0 Å². The highest BCUT2D eigenvalue weighted by atomic mass is 32.1. The zero-order valence-electron chi connectivity index (χ0n) is 12.8. The van der Waals surface area contributed by atoms with Crippen molar-refractivity contribution in [1.82, 2.24) is 9.97 Å². The number of rotatable bonds is 5. The number of fused-ring (bicyclic) bond motifs is 1. The Hall–Kier alpha value is -2.14. The van der Waals surface area contributed by atoms with Gasteiger partial charge in [-0.25, -0.2) is 4.98 Å². The predicted molar refractivity (Wildman–Crippen MR) is 91.7 cm³/mol. The molecule has 0 saturated heterocycles. The van der Waals surface area contributed by atoms with E-state index in [1.54, 1.807) is 0 Å². The molecule has 0 fully saturated rings. The molecule has 0 atom stereocenters. The van der Waals surface area contributed by atoms with Crippen LogP contribution in [0.15, 0.2) is 30.5 Å². The second kappa shape index (κ2) is 6.32. The van der Waals surface area contributed by atoms with Crippen molar-refractivity contribution >= 4 is 33.8 Å². The predicted octanol–water partition coefficient (Wildman–Crippen LogP) is 4.53. The van der Waals surface area contributed by atoms with E-state index in [1.807, 2.05) is 37.4 Å². The number of aryl methyl sites for hydroxylation is 2. The number of nitrogens with zero attached hydrogens (tertiary/aromatic N) is 1. The Labute approximate surface area is 133 Å². The summed E-state index contributed by atoms with van der Waals surface area (Å²) in [7, 11) is 0. The number of unbranched alkanes of at least 4 members (excludes halogenated alkanes) is 1. The summed E-state index contributed by atoms with van der Waals surface area (Å²) >= 11 is 1.47. The normalized spacial score (nSPS) is 11.0. The van der Waals surface area contributed by atoms with E-state index in [2.05, 4.69) is 22.2 Å². The molecule has 4 nitrogen and oxygen atoms in total. The van der Waals surface area contributed by atoms with Crippen LogP contribution in [-0.2, 0) is 6.42 Å². The summed E-state index contributed by atoms with van der Waals surface area (Å²) in [5.41, 5.74) is 2.74. The molecular weight excluding hydrogens is 294 g/mol. The monoisotopic (exact) mass is 313 g/mol. The van der Waals surface area contributed by atoms with E-state index in [0.717, 1.165) is 51.4 Å². The highest BCUT2D eigenvalue weighted by Crippen LogP contribution is 2.23. The van der Waals surface area contributed by atoms with Gasteiger partial charge in [0.05, 0.1) is 10.7 Å². The van der Waals surface area contributed by atoms with Crippen LogP contribution in [0.5, 0.6) is 0 Å². The molecule has 0 unspecified atom stereocenters.